The zero-order chi connectivity index (χ0) is 16.3. The number of guanidine groups is 1. The second-order valence-electron chi connectivity index (χ2n) is 7.48. The Bertz CT molecular complexity index is 535. The summed E-state index contributed by atoms with van der Waals surface area (Å²) in [5.74, 6) is 1.54. The quantitative estimate of drug-likeness (QED) is 0.451. The van der Waals surface area contributed by atoms with E-state index >= 15 is 0 Å². The molecule has 6 heteroatoms. The van der Waals surface area contributed by atoms with Crippen molar-refractivity contribution in [3.63, 3.8) is 0 Å². The van der Waals surface area contributed by atoms with Gasteiger partial charge in [-0.15, -0.1) is 24.0 Å². The van der Waals surface area contributed by atoms with Gasteiger partial charge in [0.05, 0.1) is 5.69 Å². The number of halogens is 1. The first kappa shape index (κ1) is 20.3. The number of rotatable bonds is 4. The Morgan fingerprint density at radius 1 is 1.43 bits per heavy atom. The van der Waals surface area contributed by atoms with Crippen molar-refractivity contribution in [3.05, 3.63) is 17.5 Å². The van der Waals surface area contributed by atoms with Crippen molar-refractivity contribution in [2.24, 2.45) is 16.3 Å². The van der Waals surface area contributed by atoms with Gasteiger partial charge in [-0.1, -0.05) is 20.8 Å². The maximum atomic E-state index is 4.54. The molecule has 2 heterocycles. The standard InChI is InChI=1S/C17H31N5.HI/c1-13(11-22-15(3)9-14(2)20-22)10-19-16(18-6)21-8-7-17(4,5)12-21;/h9,13H,7-8,10-12H2,1-6H3,(H,18,19);1H. The van der Waals surface area contributed by atoms with Gasteiger partial charge in [-0.3, -0.25) is 9.67 Å². The predicted octanol–water partition coefficient (Wildman–Crippen LogP) is 3.06. The molecule has 1 N–H and O–H groups in total. The Labute approximate surface area is 157 Å². The largest absolute Gasteiger partial charge is 0.356 e. The van der Waals surface area contributed by atoms with Crippen molar-refractivity contribution in [3.8, 4) is 0 Å². The number of aliphatic imine (C=N–C) groups is 1. The number of aryl methyl sites for hydroxylation is 2. The summed E-state index contributed by atoms with van der Waals surface area (Å²) in [6, 6.07) is 2.13. The van der Waals surface area contributed by atoms with Gasteiger partial charge in [-0.05, 0) is 37.7 Å². The minimum Gasteiger partial charge on any atom is -0.356 e. The van der Waals surface area contributed by atoms with E-state index in [1.54, 1.807) is 0 Å². The van der Waals surface area contributed by atoms with Crippen molar-refractivity contribution >= 4 is 29.9 Å². The van der Waals surface area contributed by atoms with Crippen LogP contribution in [0.25, 0.3) is 0 Å². The molecule has 1 aliphatic heterocycles. The van der Waals surface area contributed by atoms with E-state index in [4.69, 9.17) is 0 Å². The molecule has 2 rings (SSSR count). The van der Waals surface area contributed by atoms with E-state index in [2.05, 4.69) is 58.8 Å². The topological polar surface area (TPSA) is 45.5 Å². The number of hydrogen-bond acceptors (Lipinski definition) is 2. The highest BCUT2D eigenvalue weighted by molar-refractivity contribution is 14.0. The van der Waals surface area contributed by atoms with Crippen LogP contribution in [-0.2, 0) is 6.54 Å². The highest BCUT2D eigenvalue weighted by Gasteiger charge is 2.30. The van der Waals surface area contributed by atoms with E-state index in [9.17, 15) is 0 Å². The number of nitrogens with zero attached hydrogens (tertiary/aromatic N) is 4. The molecular formula is C17H32IN5. The van der Waals surface area contributed by atoms with Crippen molar-refractivity contribution in [2.75, 3.05) is 26.7 Å². The molecule has 0 spiro atoms. The molecule has 23 heavy (non-hydrogen) atoms. The smallest absolute Gasteiger partial charge is 0.193 e. The fourth-order valence-electron chi connectivity index (χ4n) is 3.11. The monoisotopic (exact) mass is 433 g/mol. The molecule has 1 aromatic heterocycles. The van der Waals surface area contributed by atoms with Gasteiger partial charge >= 0.3 is 0 Å². The molecule has 1 fully saturated rings. The van der Waals surface area contributed by atoms with E-state index in [0.717, 1.165) is 37.8 Å². The molecule has 0 aromatic carbocycles. The van der Waals surface area contributed by atoms with E-state index in [1.165, 1.54) is 12.1 Å². The first-order valence-electron chi connectivity index (χ1n) is 8.27. The van der Waals surface area contributed by atoms with Crippen LogP contribution in [0.3, 0.4) is 0 Å². The summed E-state index contributed by atoms with van der Waals surface area (Å²) in [7, 11) is 1.87. The normalized spacial score (nSPS) is 18.7. The molecule has 1 unspecified atom stereocenters. The maximum absolute atomic E-state index is 4.54. The predicted molar refractivity (Wildman–Crippen MR) is 108 cm³/mol. The lowest BCUT2D eigenvalue weighted by atomic mass is 9.93. The van der Waals surface area contributed by atoms with Crippen LogP contribution in [0.2, 0.25) is 0 Å². The van der Waals surface area contributed by atoms with Gasteiger partial charge in [0.2, 0.25) is 0 Å². The third-order valence-corrected chi connectivity index (χ3v) is 4.39. The average molecular weight is 433 g/mol. The lowest BCUT2D eigenvalue weighted by Gasteiger charge is -2.25. The summed E-state index contributed by atoms with van der Waals surface area (Å²) in [5.41, 5.74) is 2.72. The molecule has 1 saturated heterocycles. The van der Waals surface area contributed by atoms with Crippen LogP contribution in [-0.4, -0.2) is 47.3 Å². The van der Waals surface area contributed by atoms with Crippen molar-refractivity contribution in [2.45, 2.75) is 47.6 Å². The zero-order valence-electron chi connectivity index (χ0n) is 15.4. The van der Waals surface area contributed by atoms with E-state index < -0.39 is 0 Å². The van der Waals surface area contributed by atoms with E-state index in [1.807, 2.05) is 14.0 Å². The Morgan fingerprint density at radius 3 is 2.61 bits per heavy atom. The molecule has 132 valence electrons. The Kier molecular flexibility index (Phi) is 7.35. The molecular weight excluding hydrogens is 401 g/mol. The molecule has 0 amide bonds. The summed E-state index contributed by atoms with van der Waals surface area (Å²) in [4.78, 5) is 6.82. The lowest BCUT2D eigenvalue weighted by Crippen LogP contribution is -2.42. The third-order valence-electron chi connectivity index (χ3n) is 4.39. The van der Waals surface area contributed by atoms with Crippen LogP contribution in [0.1, 0.15) is 38.6 Å². The summed E-state index contributed by atoms with van der Waals surface area (Å²) < 4.78 is 2.10. The summed E-state index contributed by atoms with van der Waals surface area (Å²) in [6.07, 6.45) is 1.23. The summed E-state index contributed by atoms with van der Waals surface area (Å²) in [6.45, 7) is 15.1. The molecule has 5 nitrogen and oxygen atoms in total. The van der Waals surface area contributed by atoms with Gasteiger partial charge in [0.15, 0.2) is 5.96 Å². The van der Waals surface area contributed by atoms with Crippen LogP contribution in [0, 0.1) is 25.2 Å². The molecule has 1 aliphatic rings. The first-order valence-corrected chi connectivity index (χ1v) is 8.27. The Morgan fingerprint density at radius 2 is 2.13 bits per heavy atom. The molecule has 1 atom stereocenters. The fourth-order valence-corrected chi connectivity index (χ4v) is 3.11. The average Bonchev–Trinajstić information content (AvgIpc) is 2.93. The second kappa shape index (κ2) is 8.35. The van der Waals surface area contributed by atoms with E-state index in [0.29, 0.717) is 11.3 Å². The first-order chi connectivity index (χ1) is 10.3. The minimum atomic E-state index is 0. The highest BCUT2D eigenvalue weighted by atomic mass is 127. The van der Waals surface area contributed by atoms with Crippen molar-refractivity contribution in [1.29, 1.82) is 0 Å². The van der Waals surface area contributed by atoms with Gasteiger partial charge in [0.25, 0.3) is 0 Å². The van der Waals surface area contributed by atoms with Gasteiger partial charge in [-0.2, -0.15) is 5.10 Å². The number of likely N-dealkylation sites (tertiary alicyclic amines) is 1. The van der Waals surface area contributed by atoms with E-state index in [-0.39, 0.29) is 24.0 Å². The highest BCUT2D eigenvalue weighted by Crippen LogP contribution is 2.28. The van der Waals surface area contributed by atoms with Gasteiger partial charge in [0.1, 0.15) is 0 Å². The Balaban J connectivity index is 0.00000264. The Hall–Kier alpha value is -0.790. The van der Waals surface area contributed by atoms with Crippen LogP contribution in [0.5, 0.6) is 0 Å². The maximum Gasteiger partial charge on any atom is 0.193 e. The van der Waals surface area contributed by atoms with Crippen LogP contribution < -0.4 is 5.32 Å². The van der Waals surface area contributed by atoms with Gasteiger partial charge in [-0.25, -0.2) is 0 Å². The van der Waals surface area contributed by atoms with Crippen LogP contribution in [0.15, 0.2) is 11.1 Å². The summed E-state index contributed by atoms with van der Waals surface area (Å²) in [5, 5.41) is 8.07. The summed E-state index contributed by atoms with van der Waals surface area (Å²) >= 11 is 0. The van der Waals surface area contributed by atoms with Crippen LogP contribution in [0.4, 0.5) is 0 Å². The molecule has 0 radical (unpaired) electrons. The SMILES string of the molecule is CN=C(NCC(C)Cn1nc(C)cc1C)N1CCC(C)(C)C1.I. The molecule has 0 bridgehead atoms. The fraction of sp³-hybridized carbons (Fsp3) is 0.765. The second-order valence-corrected chi connectivity index (χ2v) is 7.48. The molecule has 0 saturated carbocycles. The minimum absolute atomic E-state index is 0. The molecule has 1 aromatic rings. The van der Waals surface area contributed by atoms with Crippen molar-refractivity contribution < 1.29 is 0 Å². The number of nitrogens with one attached hydrogen (secondary N) is 1. The number of aromatic nitrogens is 2. The third kappa shape index (κ3) is 5.65. The number of hydrogen-bond donors (Lipinski definition) is 1. The van der Waals surface area contributed by atoms with Crippen molar-refractivity contribution in [1.82, 2.24) is 20.0 Å². The van der Waals surface area contributed by atoms with Crippen LogP contribution >= 0.6 is 24.0 Å². The van der Waals surface area contributed by atoms with Gasteiger partial charge < -0.3 is 10.2 Å². The lowest BCUT2D eigenvalue weighted by molar-refractivity contribution is 0.366. The van der Waals surface area contributed by atoms with Gasteiger partial charge in [0, 0.05) is 38.9 Å². The molecule has 0 aliphatic carbocycles. The zero-order valence-corrected chi connectivity index (χ0v) is 17.7.